The van der Waals surface area contributed by atoms with Gasteiger partial charge in [-0.25, -0.2) is 0 Å². The Morgan fingerprint density at radius 1 is 1.23 bits per heavy atom. The lowest BCUT2D eigenvalue weighted by atomic mass is 10.1. The van der Waals surface area contributed by atoms with Gasteiger partial charge in [-0.1, -0.05) is 12.1 Å². The van der Waals surface area contributed by atoms with Crippen LogP contribution in [-0.4, -0.2) is 56.6 Å². The average Bonchev–Trinajstić information content (AvgIpc) is 2.56. The topological polar surface area (TPSA) is 70.7 Å². The molecule has 1 aromatic carbocycles. The zero-order valence-corrected chi connectivity index (χ0v) is 12.9. The molecule has 0 unspecified atom stereocenters. The molecule has 0 aromatic heterocycles. The minimum Gasteiger partial charge on any atom is -0.378 e. The first kappa shape index (κ1) is 16.5. The Hall–Kier alpha value is -1.92. The lowest BCUT2D eigenvalue weighted by Gasteiger charge is -2.27. The summed E-state index contributed by atoms with van der Waals surface area (Å²) < 4.78 is 5.27. The number of hydrogen-bond acceptors (Lipinski definition) is 4. The maximum Gasteiger partial charge on any atom is 0.256 e. The third kappa shape index (κ3) is 4.54. The number of morpholine rings is 1. The minimum absolute atomic E-state index is 0.0607. The highest BCUT2D eigenvalue weighted by Crippen LogP contribution is 2.18. The molecule has 22 heavy (non-hydrogen) atoms. The number of rotatable bonds is 6. The van der Waals surface area contributed by atoms with Crippen LogP contribution in [0.1, 0.15) is 23.2 Å². The fourth-order valence-electron chi connectivity index (χ4n) is 2.35. The third-order valence-electron chi connectivity index (χ3n) is 3.56. The highest BCUT2D eigenvalue weighted by Gasteiger charge is 2.21. The Balaban J connectivity index is 2.02. The molecule has 120 valence electrons. The standard InChI is InChI=1S/C16H23N3O3/c1-17-8-4-7-15(20)18-14-6-3-2-5-13(14)16(21)19-9-11-22-12-10-19/h2-3,5-6,17H,4,7-12H2,1H3,(H,18,20). The van der Waals surface area contributed by atoms with Crippen molar-refractivity contribution in [3.63, 3.8) is 0 Å². The second-order valence-electron chi connectivity index (χ2n) is 5.21. The highest BCUT2D eigenvalue weighted by atomic mass is 16.5. The monoisotopic (exact) mass is 305 g/mol. The van der Waals surface area contributed by atoms with Crippen LogP contribution in [0.2, 0.25) is 0 Å². The third-order valence-corrected chi connectivity index (χ3v) is 3.56. The molecule has 0 spiro atoms. The Morgan fingerprint density at radius 2 is 1.95 bits per heavy atom. The van der Waals surface area contributed by atoms with Gasteiger partial charge in [-0.2, -0.15) is 0 Å². The molecule has 2 amide bonds. The van der Waals surface area contributed by atoms with E-state index in [-0.39, 0.29) is 11.8 Å². The quantitative estimate of drug-likeness (QED) is 0.772. The van der Waals surface area contributed by atoms with E-state index in [1.807, 2.05) is 19.2 Å². The summed E-state index contributed by atoms with van der Waals surface area (Å²) in [6.45, 7) is 3.09. The van der Waals surface area contributed by atoms with Crippen molar-refractivity contribution < 1.29 is 14.3 Å². The van der Waals surface area contributed by atoms with Gasteiger partial charge in [0.25, 0.3) is 5.91 Å². The van der Waals surface area contributed by atoms with Crippen LogP contribution in [0, 0.1) is 0 Å². The van der Waals surface area contributed by atoms with Gasteiger partial charge in [0.1, 0.15) is 0 Å². The highest BCUT2D eigenvalue weighted by molar-refractivity contribution is 6.03. The lowest BCUT2D eigenvalue weighted by Crippen LogP contribution is -2.41. The normalized spacial score (nSPS) is 14.7. The zero-order valence-electron chi connectivity index (χ0n) is 12.9. The summed E-state index contributed by atoms with van der Waals surface area (Å²) in [5, 5.41) is 5.85. The summed E-state index contributed by atoms with van der Waals surface area (Å²) in [6.07, 6.45) is 1.20. The molecule has 1 aromatic rings. The number of benzene rings is 1. The van der Waals surface area contributed by atoms with Gasteiger partial charge in [-0.3, -0.25) is 9.59 Å². The van der Waals surface area contributed by atoms with Crippen molar-refractivity contribution >= 4 is 17.5 Å². The van der Waals surface area contributed by atoms with Crippen molar-refractivity contribution in [2.24, 2.45) is 0 Å². The molecule has 2 rings (SSSR count). The van der Waals surface area contributed by atoms with Crippen molar-refractivity contribution in [1.29, 1.82) is 0 Å². The summed E-state index contributed by atoms with van der Waals surface area (Å²) in [5.74, 6) is -0.132. The Morgan fingerprint density at radius 3 is 2.68 bits per heavy atom. The predicted octanol–water partition coefficient (Wildman–Crippen LogP) is 1.10. The van der Waals surface area contributed by atoms with Gasteiger partial charge < -0.3 is 20.3 Å². The van der Waals surface area contributed by atoms with Crippen LogP contribution in [0.5, 0.6) is 0 Å². The van der Waals surface area contributed by atoms with Gasteiger partial charge in [0, 0.05) is 19.5 Å². The molecule has 1 aliphatic heterocycles. The van der Waals surface area contributed by atoms with Crippen molar-refractivity contribution in [2.45, 2.75) is 12.8 Å². The van der Waals surface area contributed by atoms with E-state index in [2.05, 4.69) is 10.6 Å². The van der Waals surface area contributed by atoms with Gasteiger partial charge in [-0.15, -0.1) is 0 Å². The number of amides is 2. The van der Waals surface area contributed by atoms with Crippen LogP contribution < -0.4 is 10.6 Å². The number of ether oxygens (including phenoxy) is 1. The molecule has 2 N–H and O–H groups in total. The van der Waals surface area contributed by atoms with E-state index in [0.29, 0.717) is 44.0 Å². The summed E-state index contributed by atoms with van der Waals surface area (Å²) in [5.41, 5.74) is 1.11. The number of hydrogen-bond donors (Lipinski definition) is 2. The molecular formula is C16H23N3O3. The Kier molecular flexibility index (Phi) is 6.36. The molecule has 0 radical (unpaired) electrons. The van der Waals surface area contributed by atoms with E-state index in [1.54, 1.807) is 17.0 Å². The fourth-order valence-corrected chi connectivity index (χ4v) is 2.35. The summed E-state index contributed by atoms with van der Waals surface area (Å²) in [6, 6.07) is 7.15. The van der Waals surface area contributed by atoms with E-state index in [0.717, 1.165) is 13.0 Å². The molecule has 1 heterocycles. The van der Waals surface area contributed by atoms with E-state index < -0.39 is 0 Å². The van der Waals surface area contributed by atoms with Crippen molar-refractivity contribution in [3.05, 3.63) is 29.8 Å². The molecule has 0 atom stereocenters. The van der Waals surface area contributed by atoms with E-state index in [4.69, 9.17) is 4.74 Å². The molecule has 1 fully saturated rings. The van der Waals surface area contributed by atoms with Crippen LogP contribution >= 0.6 is 0 Å². The maximum atomic E-state index is 12.6. The number of carbonyl (C=O) groups excluding carboxylic acids is 2. The maximum absolute atomic E-state index is 12.6. The summed E-state index contributed by atoms with van der Waals surface area (Å²) in [4.78, 5) is 26.3. The molecule has 1 saturated heterocycles. The minimum atomic E-state index is -0.0718. The van der Waals surface area contributed by atoms with Crippen LogP contribution in [0.15, 0.2) is 24.3 Å². The molecule has 0 aliphatic carbocycles. The first-order valence-corrected chi connectivity index (χ1v) is 7.63. The molecule has 0 saturated carbocycles. The Bertz CT molecular complexity index is 513. The van der Waals surface area contributed by atoms with Crippen LogP contribution in [-0.2, 0) is 9.53 Å². The number of nitrogens with one attached hydrogen (secondary N) is 2. The first-order chi connectivity index (χ1) is 10.7. The molecule has 6 nitrogen and oxygen atoms in total. The molecule has 0 bridgehead atoms. The van der Waals surface area contributed by atoms with Crippen LogP contribution in [0.4, 0.5) is 5.69 Å². The molecule has 1 aliphatic rings. The van der Waals surface area contributed by atoms with Gasteiger partial charge in [-0.05, 0) is 32.1 Å². The Labute approximate surface area is 130 Å². The largest absolute Gasteiger partial charge is 0.378 e. The second-order valence-corrected chi connectivity index (χ2v) is 5.21. The number of nitrogens with zero attached hydrogens (tertiary/aromatic N) is 1. The van der Waals surface area contributed by atoms with Gasteiger partial charge in [0.15, 0.2) is 0 Å². The molecular weight excluding hydrogens is 282 g/mol. The first-order valence-electron chi connectivity index (χ1n) is 7.63. The average molecular weight is 305 g/mol. The van der Waals surface area contributed by atoms with Gasteiger partial charge in [0.05, 0.1) is 24.5 Å². The predicted molar refractivity (Wildman–Crippen MR) is 85.0 cm³/mol. The second kappa shape index (κ2) is 8.51. The van der Waals surface area contributed by atoms with Crippen molar-refractivity contribution in [1.82, 2.24) is 10.2 Å². The van der Waals surface area contributed by atoms with E-state index in [9.17, 15) is 9.59 Å². The lowest BCUT2D eigenvalue weighted by molar-refractivity contribution is -0.116. The number of anilines is 1. The van der Waals surface area contributed by atoms with Crippen LogP contribution in [0.3, 0.4) is 0 Å². The van der Waals surface area contributed by atoms with Crippen LogP contribution in [0.25, 0.3) is 0 Å². The van der Waals surface area contributed by atoms with Crippen molar-refractivity contribution in [3.8, 4) is 0 Å². The fraction of sp³-hybridized carbons (Fsp3) is 0.500. The van der Waals surface area contributed by atoms with E-state index in [1.165, 1.54) is 0 Å². The zero-order chi connectivity index (χ0) is 15.8. The smallest absolute Gasteiger partial charge is 0.256 e. The number of carbonyl (C=O) groups is 2. The van der Waals surface area contributed by atoms with Gasteiger partial charge >= 0.3 is 0 Å². The van der Waals surface area contributed by atoms with Gasteiger partial charge in [0.2, 0.25) is 5.91 Å². The SMILES string of the molecule is CNCCCC(=O)Nc1ccccc1C(=O)N1CCOCC1. The van der Waals surface area contributed by atoms with Crippen molar-refractivity contribution in [2.75, 3.05) is 45.2 Å². The summed E-state index contributed by atoms with van der Waals surface area (Å²) in [7, 11) is 1.86. The van der Waals surface area contributed by atoms with E-state index >= 15 is 0 Å². The number of para-hydroxylation sites is 1. The molecule has 6 heteroatoms. The summed E-state index contributed by atoms with van der Waals surface area (Å²) >= 11 is 0.